The standard InChI is InChI=1S/C20H29O2Si/c1-20(2,3)17-10-11-18-16(13-17)9-8-15(7-6-12-21)19(18)14-22-23(4)5/h8-11,13,21H,6-7,12,14H2,1-5H3. The van der Waals surface area contributed by atoms with Gasteiger partial charge in [0.25, 0.3) is 0 Å². The van der Waals surface area contributed by atoms with Gasteiger partial charge >= 0.3 is 0 Å². The third-order valence-electron chi connectivity index (χ3n) is 4.20. The number of fused-ring (bicyclic) bond motifs is 1. The molecule has 0 spiro atoms. The first kappa shape index (κ1) is 18.2. The van der Waals surface area contributed by atoms with Crippen molar-refractivity contribution >= 4 is 19.8 Å². The van der Waals surface area contributed by atoms with Gasteiger partial charge in [0.2, 0.25) is 9.04 Å². The van der Waals surface area contributed by atoms with Crippen LogP contribution in [0.1, 0.15) is 43.9 Å². The highest BCUT2D eigenvalue weighted by molar-refractivity contribution is 6.48. The monoisotopic (exact) mass is 329 g/mol. The molecule has 3 heteroatoms. The average Bonchev–Trinajstić information content (AvgIpc) is 2.49. The van der Waals surface area contributed by atoms with Gasteiger partial charge in [-0.05, 0) is 58.8 Å². The molecule has 0 saturated heterocycles. The van der Waals surface area contributed by atoms with Gasteiger partial charge in [0.1, 0.15) is 0 Å². The zero-order chi connectivity index (χ0) is 17.0. The van der Waals surface area contributed by atoms with Gasteiger partial charge in [-0.25, -0.2) is 0 Å². The van der Waals surface area contributed by atoms with E-state index in [2.05, 4.69) is 64.2 Å². The van der Waals surface area contributed by atoms with Crippen LogP contribution in [-0.4, -0.2) is 20.8 Å². The molecule has 2 aromatic rings. The van der Waals surface area contributed by atoms with Crippen LogP contribution in [-0.2, 0) is 22.9 Å². The molecule has 1 N–H and O–H groups in total. The third kappa shape index (κ3) is 4.66. The smallest absolute Gasteiger partial charge is 0.205 e. The van der Waals surface area contributed by atoms with Crippen molar-refractivity contribution in [2.75, 3.05) is 6.61 Å². The van der Waals surface area contributed by atoms with Gasteiger partial charge in [0.05, 0.1) is 6.61 Å². The van der Waals surface area contributed by atoms with Gasteiger partial charge in [0, 0.05) is 6.61 Å². The summed E-state index contributed by atoms with van der Waals surface area (Å²) >= 11 is 0. The lowest BCUT2D eigenvalue weighted by molar-refractivity contribution is 0.287. The van der Waals surface area contributed by atoms with Gasteiger partial charge in [-0.2, -0.15) is 0 Å². The maximum atomic E-state index is 9.15. The Hall–Kier alpha value is -1.16. The van der Waals surface area contributed by atoms with Crippen molar-refractivity contribution in [3.8, 4) is 0 Å². The topological polar surface area (TPSA) is 29.5 Å². The van der Waals surface area contributed by atoms with E-state index >= 15 is 0 Å². The van der Waals surface area contributed by atoms with Crippen LogP contribution < -0.4 is 0 Å². The number of aliphatic hydroxyl groups excluding tert-OH is 1. The lowest BCUT2D eigenvalue weighted by atomic mass is 9.85. The molecule has 2 nitrogen and oxygen atoms in total. The summed E-state index contributed by atoms with van der Waals surface area (Å²) in [5.74, 6) is 0. The second kappa shape index (κ2) is 7.60. The molecule has 0 aliphatic heterocycles. The highest BCUT2D eigenvalue weighted by Gasteiger charge is 2.15. The van der Waals surface area contributed by atoms with Crippen molar-refractivity contribution in [3.63, 3.8) is 0 Å². The zero-order valence-electron chi connectivity index (χ0n) is 15.1. The molecule has 0 unspecified atom stereocenters. The first-order valence-corrected chi connectivity index (χ1v) is 10.8. The van der Waals surface area contributed by atoms with Crippen LogP contribution in [0.4, 0.5) is 0 Å². The summed E-state index contributed by atoms with van der Waals surface area (Å²) < 4.78 is 5.99. The zero-order valence-corrected chi connectivity index (χ0v) is 16.1. The van der Waals surface area contributed by atoms with E-state index in [1.54, 1.807) is 0 Å². The second-order valence-electron chi connectivity index (χ2n) is 7.41. The quantitative estimate of drug-likeness (QED) is 0.769. The predicted octanol–water partition coefficient (Wildman–Crippen LogP) is 4.83. The van der Waals surface area contributed by atoms with Crippen molar-refractivity contribution < 1.29 is 9.53 Å². The first-order chi connectivity index (χ1) is 10.8. The Kier molecular flexibility index (Phi) is 6.01. The van der Waals surface area contributed by atoms with Gasteiger partial charge in [0.15, 0.2) is 0 Å². The SMILES string of the molecule is C[Si](C)OCc1c(CCCO)ccc2cc(C(C)(C)C)ccc12. The van der Waals surface area contributed by atoms with E-state index in [-0.39, 0.29) is 12.0 Å². The molecule has 0 atom stereocenters. The molecule has 0 fully saturated rings. The Bertz CT molecular complexity index is 656. The van der Waals surface area contributed by atoms with Crippen LogP contribution in [0.15, 0.2) is 30.3 Å². The minimum absolute atomic E-state index is 0.156. The lowest BCUT2D eigenvalue weighted by Crippen LogP contribution is -2.11. The summed E-state index contributed by atoms with van der Waals surface area (Å²) in [6.45, 7) is 12.0. The molecule has 2 aromatic carbocycles. The van der Waals surface area contributed by atoms with E-state index in [0.29, 0.717) is 6.61 Å². The van der Waals surface area contributed by atoms with E-state index < -0.39 is 9.04 Å². The molecule has 125 valence electrons. The molecule has 0 saturated carbocycles. The van der Waals surface area contributed by atoms with Crippen molar-refractivity contribution in [1.82, 2.24) is 0 Å². The summed E-state index contributed by atoms with van der Waals surface area (Å²) in [6, 6.07) is 11.2. The molecular weight excluding hydrogens is 300 g/mol. The van der Waals surface area contributed by atoms with Gasteiger partial charge < -0.3 is 9.53 Å². The fraction of sp³-hybridized carbons (Fsp3) is 0.500. The number of benzene rings is 2. The largest absolute Gasteiger partial charge is 0.413 e. The Morgan fingerprint density at radius 3 is 2.43 bits per heavy atom. The maximum Gasteiger partial charge on any atom is 0.205 e. The molecule has 0 amide bonds. The molecule has 0 heterocycles. The molecule has 0 aliphatic rings. The lowest BCUT2D eigenvalue weighted by Gasteiger charge is -2.21. The van der Waals surface area contributed by atoms with Gasteiger partial charge in [-0.15, -0.1) is 0 Å². The summed E-state index contributed by atoms with van der Waals surface area (Å²) in [4.78, 5) is 0. The predicted molar refractivity (Wildman–Crippen MR) is 100 cm³/mol. The fourth-order valence-corrected chi connectivity index (χ4v) is 3.23. The van der Waals surface area contributed by atoms with Crippen LogP contribution in [0.25, 0.3) is 10.8 Å². The molecule has 2 rings (SSSR count). The van der Waals surface area contributed by atoms with Crippen LogP contribution in [0, 0.1) is 0 Å². The molecule has 1 radical (unpaired) electrons. The van der Waals surface area contributed by atoms with Crippen LogP contribution >= 0.6 is 0 Å². The fourth-order valence-electron chi connectivity index (χ4n) is 2.80. The molecule has 0 bridgehead atoms. The Labute approximate surface area is 142 Å². The van der Waals surface area contributed by atoms with Crippen molar-refractivity contribution in [1.29, 1.82) is 0 Å². The highest BCUT2D eigenvalue weighted by atomic mass is 28.3. The molecule has 0 aliphatic carbocycles. The number of aryl methyl sites for hydroxylation is 1. The number of aliphatic hydroxyl groups is 1. The van der Waals surface area contributed by atoms with Crippen molar-refractivity contribution in [3.05, 3.63) is 47.0 Å². The number of rotatable bonds is 6. The summed E-state index contributed by atoms with van der Waals surface area (Å²) in [7, 11) is -0.717. The summed E-state index contributed by atoms with van der Waals surface area (Å²) in [5.41, 5.74) is 4.11. The number of hydrogen-bond acceptors (Lipinski definition) is 2. The van der Waals surface area contributed by atoms with E-state index in [9.17, 15) is 0 Å². The van der Waals surface area contributed by atoms with Crippen LogP contribution in [0.3, 0.4) is 0 Å². The van der Waals surface area contributed by atoms with Crippen molar-refractivity contribution in [2.45, 2.75) is 58.7 Å². The first-order valence-electron chi connectivity index (χ1n) is 8.41. The molecular formula is C20H29O2Si. The normalized spacial score (nSPS) is 12.3. The van der Waals surface area contributed by atoms with E-state index in [1.807, 2.05) is 0 Å². The van der Waals surface area contributed by atoms with Crippen molar-refractivity contribution in [2.24, 2.45) is 0 Å². The van der Waals surface area contributed by atoms with E-state index in [1.165, 1.54) is 27.5 Å². The van der Waals surface area contributed by atoms with E-state index in [4.69, 9.17) is 9.53 Å². The molecule has 23 heavy (non-hydrogen) atoms. The van der Waals surface area contributed by atoms with Gasteiger partial charge in [-0.1, -0.05) is 51.1 Å². The summed E-state index contributed by atoms with van der Waals surface area (Å²) in [6.07, 6.45) is 1.70. The minimum Gasteiger partial charge on any atom is -0.413 e. The highest BCUT2D eigenvalue weighted by Crippen LogP contribution is 2.30. The Balaban J connectivity index is 2.49. The Morgan fingerprint density at radius 2 is 1.83 bits per heavy atom. The molecule has 0 aromatic heterocycles. The van der Waals surface area contributed by atoms with Crippen LogP contribution in [0.2, 0.25) is 13.1 Å². The minimum atomic E-state index is -0.717. The Morgan fingerprint density at radius 1 is 1.09 bits per heavy atom. The summed E-state index contributed by atoms with van der Waals surface area (Å²) in [5, 5.41) is 11.7. The van der Waals surface area contributed by atoms with Gasteiger partial charge in [-0.3, -0.25) is 0 Å². The van der Waals surface area contributed by atoms with E-state index in [0.717, 1.165) is 12.8 Å². The maximum absolute atomic E-state index is 9.15. The number of hydrogen-bond donors (Lipinski definition) is 1. The average molecular weight is 330 g/mol. The van der Waals surface area contributed by atoms with Crippen LogP contribution in [0.5, 0.6) is 0 Å². The third-order valence-corrected chi connectivity index (χ3v) is 4.93. The second-order valence-corrected chi connectivity index (χ2v) is 9.52.